The lowest BCUT2D eigenvalue weighted by molar-refractivity contribution is -0.140. The number of amides is 2. The zero-order chi connectivity index (χ0) is 29.7. The number of nitrogens with one attached hydrogen (secondary N) is 1. The Morgan fingerprint density at radius 3 is 2.12 bits per heavy atom. The van der Waals surface area contributed by atoms with Gasteiger partial charge < -0.3 is 15.0 Å². The van der Waals surface area contributed by atoms with Crippen molar-refractivity contribution in [2.45, 2.75) is 57.6 Å². The Morgan fingerprint density at radius 2 is 1.57 bits per heavy atom. The number of hydrogen-bond acceptors (Lipinski definition) is 5. The molecule has 0 heterocycles. The number of anilines is 1. The van der Waals surface area contributed by atoms with Crippen LogP contribution in [0.4, 0.5) is 5.69 Å². The molecule has 1 N–H and O–H groups in total. The van der Waals surface area contributed by atoms with Gasteiger partial charge in [0.05, 0.1) is 17.7 Å². The number of carbonyl (C=O) groups excluding carboxylic acids is 2. The SMILES string of the molecule is COc1ccc(N(CC(=O)N(Cc2ccccc2Cl)[C@@H](C)C(=O)NC(C)(C)C)S(=O)(=O)c2ccc(C)cc2)cc1. The van der Waals surface area contributed by atoms with Crippen LogP contribution >= 0.6 is 11.6 Å². The van der Waals surface area contributed by atoms with Crippen LogP contribution in [-0.4, -0.2) is 50.4 Å². The monoisotopic (exact) mass is 585 g/mol. The van der Waals surface area contributed by atoms with E-state index < -0.39 is 34.1 Å². The molecule has 8 nitrogen and oxygen atoms in total. The van der Waals surface area contributed by atoms with Crippen molar-refractivity contribution in [3.05, 3.63) is 88.9 Å². The quantitative estimate of drug-likeness (QED) is 0.353. The molecule has 0 spiro atoms. The number of rotatable bonds is 10. The van der Waals surface area contributed by atoms with E-state index in [1.807, 2.05) is 27.7 Å². The first kappa shape index (κ1) is 31.0. The highest BCUT2D eigenvalue weighted by molar-refractivity contribution is 7.92. The number of methoxy groups -OCH3 is 1. The first-order valence-corrected chi connectivity index (χ1v) is 14.6. The van der Waals surface area contributed by atoms with Gasteiger partial charge in [-0.05, 0) is 82.6 Å². The van der Waals surface area contributed by atoms with Crippen molar-refractivity contribution >= 4 is 39.1 Å². The standard InChI is InChI=1S/C30H36ClN3O5S/c1-21-11-17-26(18-12-21)40(37,38)34(24-13-15-25(39-6)16-14-24)20-28(35)33(19-23-9-7-8-10-27(23)31)22(2)29(36)32-30(3,4)5/h7-18,22H,19-20H2,1-6H3,(H,32,36)/t22-/m0/s1. The van der Waals surface area contributed by atoms with Gasteiger partial charge in [0, 0.05) is 17.1 Å². The molecule has 0 aliphatic carbocycles. The fourth-order valence-corrected chi connectivity index (χ4v) is 5.59. The summed E-state index contributed by atoms with van der Waals surface area (Å²) >= 11 is 6.40. The van der Waals surface area contributed by atoms with Crippen molar-refractivity contribution in [2.75, 3.05) is 18.0 Å². The topological polar surface area (TPSA) is 96.0 Å². The van der Waals surface area contributed by atoms with Gasteiger partial charge in [-0.15, -0.1) is 0 Å². The molecule has 0 aromatic heterocycles. The summed E-state index contributed by atoms with van der Waals surface area (Å²) in [6, 6.07) is 18.9. The Bertz CT molecular complexity index is 1440. The summed E-state index contributed by atoms with van der Waals surface area (Å²) in [6.07, 6.45) is 0. The molecule has 0 fully saturated rings. The Balaban J connectivity index is 2.05. The van der Waals surface area contributed by atoms with E-state index in [1.165, 1.54) is 24.1 Å². The largest absolute Gasteiger partial charge is 0.497 e. The number of sulfonamides is 1. The minimum Gasteiger partial charge on any atom is -0.497 e. The van der Waals surface area contributed by atoms with Gasteiger partial charge in [-0.1, -0.05) is 47.5 Å². The zero-order valence-electron chi connectivity index (χ0n) is 23.6. The van der Waals surface area contributed by atoms with Crippen molar-refractivity contribution in [1.29, 1.82) is 0 Å². The Labute approximate surface area is 241 Å². The zero-order valence-corrected chi connectivity index (χ0v) is 25.2. The fraction of sp³-hybridized carbons (Fsp3) is 0.333. The molecule has 3 aromatic rings. The highest BCUT2D eigenvalue weighted by atomic mass is 35.5. The third-order valence-corrected chi connectivity index (χ3v) is 8.37. The molecule has 214 valence electrons. The molecule has 0 saturated carbocycles. The van der Waals surface area contributed by atoms with Gasteiger partial charge in [-0.25, -0.2) is 8.42 Å². The van der Waals surface area contributed by atoms with E-state index in [2.05, 4.69) is 5.32 Å². The molecule has 10 heteroatoms. The van der Waals surface area contributed by atoms with Crippen molar-refractivity contribution < 1.29 is 22.7 Å². The molecule has 0 aliphatic heterocycles. The number of aryl methyl sites for hydroxylation is 1. The Hall–Kier alpha value is -3.56. The second-order valence-corrected chi connectivity index (χ2v) is 12.8. The van der Waals surface area contributed by atoms with E-state index in [1.54, 1.807) is 67.6 Å². The van der Waals surface area contributed by atoms with Crippen molar-refractivity contribution in [3.8, 4) is 5.75 Å². The summed E-state index contributed by atoms with van der Waals surface area (Å²) in [5.41, 5.74) is 1.27. The molecule has 0 aliphatic rings. The van der Waals surface area contributed by atoms with Crippen molar-refractivity contribution in [1.82, 2.24) is 10.2 Å². The third kappa shape index (κ3) is 7.76. The number of hydrogen-bond donors (Lipinski definition) is 1. The molecule has 40 heavy (non-hydrogen) atoms. The van der Waals surface area contributed by atoms with Gasteiger partial charge in [0.15, 0.2) is 0 Å². The molecule has 0 radical (unpaired) electrons. The van der Waals surface area contributed by atoms with Crippen LogP contribution in [-0.2, 0) is 26.2 Å². The average Bonchev–Trinajstić information content (AvgIpc) is 2.90. The smallest absolute Gasteiger partial charge is 0.264 e. The van der Waals surface area contributed by atoms with E-state index in [4.69, 9.17) is 16.3 Å². The lowest BCUT2D eigenvalue weighted by Gasteiger charge is -2.33. The predicted octanol–water partition coefficient (Wildman–Crippen LogP) is 5.18. The molecule has 0 saturated heterocycles. The first-order valence-electron chi connectivity index (χ1n) is 12.8. The second-order valence-electron chi connectivity index (χ2n) is 10.6. The lowest BCUT2D eigenvalue weighted by atomic mass is 10.1. The molecule has 3 rings (SSSR count). The minimum atomic E-state index is -4.16. The van der Waals surface area contributed by atoms with Crippen LogP contribution < -0.4 is 14.4 Å². The summed E-state index contributed by atoms with van der Waals surface area (Å²) in [5.74, 6) is -0.399. The van der Waals surface area contributed by atoms with Gasteiger partial charge in [-0.2, -0.15) is 0 Å². The molecular weight excluding hydrogens is 550 g/mol. The van der Waals surface area contributed by atoms with Crippen LogP contribution in [0.15, 0.2) is 77.7 Å². The normalized spacial score (nSPS) is 12.4. The number of halogens is 1. The van der Waals surface area contributed by atoms with E-state index in [9.17, 15) is 18.0 Å². The summed E-state index contributed by atoms with van der Waals surface area (Å²) < 4.78 is 34.0. The van der Waals surface area contributed by atoms with Crippen LogP contribution in [0.2, 0.25) is 5.02 Å². The second kappa shape index (κ2) is 12.7. The fourth-order valence-electron chi connectivity index (χ4n) is 3.98. The highest BCUT2D eigenvalue weighted by Gasteiger charge is 2.33. The average molecular weight is 586 g/mol. The number of carbonyl (C=O) groups is 2. The molecule has 0 bridgehead atoms. The van der Waals surface area contributed by atoms with E-state index in [-0.39, 0.29) is 23.0 Å². The summed E-state index contributed by atoms with van der Waals surface area (Å²) in [6.45, 7) is 8.48. The van der Waals surface area contributed by atoms with Gasteiger partial charge in [0.2, 0.25) is 11.8 Å². The van der Waals surface area contributed by atoms with Crippen LogP contribution in [0, 0.1) is 6.92 Å². The molecule has 3 aromatic carbocycles. The van der Waals surface area contributed by atoms with Crippen molar-refractivity contribution in [3.63, 3.8) is 0 Å². The van der Waals surface area contributed by atoms with E-state index in [0.29, 0.717) is 16.3 Å². The molecule has 2 amide bonds. The van der Waals surface area contributed by atoms with Crippen LogP contribution in [0.25, 0.3) is 0 Å². The van der Waals surface area contributed by atoms with Crippen LogP contribution in [0.1, 0.15) is 38.8 Å². The first-order chi connectivity index (χ1) is 18.7. The number of nitrogens with zero attached hydrogens (tertiary/aromatic N) is 2. The summed E-state index contributed by atoms with van der Waals surface area (Å²) in [7, 11) is -2.65. The van der Waals surface area contributed by atoms with Crippen molar-refractivity contribution in [2.24, 2.45) is 0 Å². The van der Waals surface area contributed by atoms with Crippen LogP contribution in [0.5, 0.6) is 5.75 Å². The van der Waals surface area contributed by atoms with E-state index in [0.717, 1.165) is 9.87 Å². The Kier molecular flexibility index (Phi) is 9.87. The maximum Gasteiger partial charge on any atom is 0.264 e. The summed E-state index contributed by atoms with van der Waals surface area (Å²) in [4.78, 5) is 28.5. The number of ether oxygens (including phenoxy) is 1. The van der Waals surface area contributed by atoms with Gasteiger partial charge >= 0.3 is 0 Å². The lowest BCUT2D eigenvalue weighted by Crippen LogP contribution is -2.54. The Morgan fingerprint density at radius 1 is 0.975 bits per heavy atom. The van der Waals surface area contributed by atoms with Gasteiger partial charge in [-0.3, -0.25) is 13.9 Å². The maximum atomic E-state index is 14.0. The molecular formula is C30H36ClN3O5S. The third-order valence-electron chi connectivity index (χ3n) is 6.21. The molecule has 1 atom stereocenters. The number of benzene rings is 3. The van der Waals surface area contributed by atoms with Gasteiger partial charge in [0.25, 0.3) is 10.0 Å². The maximum absolute atomic E-state index is 14.0. The molecule has 0 unspecified atom stereocenters. The minimum absolute atomic E-state index is 0.0122. The van der Waals surface area contributed by atoms with Gasteiger partial charge in [0.1, 0.15) is 18.3 Å². The predicted molar refractivity (Wildman–Crippen MR) is 158 cm³/mol. The highest BCUT2D eigenvalue weighted by Crippen LogP contribution is 2.27. The van der Waals surface area contributed by atoms with Crippen LogP contribution in [0.3, 0.4) is 0 Å². The van der Waals surface area contributed by atoms with E-state index >= 15 is 0 Å². The summed E-state index contributed by atoms with van der Waals surface area (Å²) in [5, 5.41) is 3.34.